The number of halogens is 2. The summed E-state index contributed by atoms with van der Waals surface area (Å²) in [7, 11) is 0. The predicted molar refractivity (Wildman–Crippen MR) is 113 cm³/mol. The highest BCUT2D eigenvalue weighted by molar-refractivity contribution is 5.61. The van der Waals surface area contributed by atoms with E-state index in [0.29, 0.717) is 12.1 Å². The zero-order chi connectivity index (χ0) is 20.5. The lowest BCUT2D eigenvalue weighted by Gasteiger charge is -2.36. The van der Waals surface area contributed by atoms with Crippen LogP contribution in [0.4, 0.5) is 14.6 Å². The molecule has 1 aliphatic heterocycles. The van der Waals surface area contributed by atoms with Crippen molar-refractivity contribution in [3.05, 3.63) is 77.0 Å². The molecule has 1 aliphatic carbocycles. The van der Waals surface area contributed by atoms with E-state index in [-0.39, 0.29) is 0 Å². The fraction of sp³-hybridized carbons (Fsp3) is 0.333. The fourth-order valence-electron chi connectivity index (χ4n) is 4.42. The van der Waals surface area contributed by atoms with Crippen molar-refractivity contribution >= 4 is 5.82 Å². The summed E-state index contributed by atoms with van der Waals surface area (Å²) in [6, 6.07) is 14.5. The molecule has 4 nitrogen and oxygen atoms in total. The molecule has 0 N–H and O–H groups in total. The van der Waals surface area contributed by atoms with Crippen molar-refractivity contribution in [3.63, 3.8) is 0 Å². The average molecular weight is 406 g/mol. The van der Waals surface area contributed by atoms with Gasteiger partial charge in [0.25, 0.3) is 0 Å². The second-order valence-corrected chi connectivity index (χ2v) is 7.99. The molecule has 0 atom stereocenters. The maximum absolute atomic E-state index is 14.0. The van der Waals surface area contributed by atoms with Crippen LogP contribution >= 0.6 is 0 Å². The second kappa shape index (κ2) is 8.11. The van der Waals surface area contributed by atoms with E-state index in [1.165, 1.54) is 11.3 Å². The van der Waals surface area contributed by atoms with Gasteiger partial charge < -0.3 is 4.90 Å². The van der Waals surface area contributed by atoms with Gasteiger partial charge in [0.2, 0.25) is 0 Å². The van der Waals surface area contributed by atoms with Crippen molar-refractivity contribution in [2.24, 2.45) is 0 Å². The predicted octanol–water partition coefficient (Wildman–Crippen LogP) is 4.23. The molecule has 5 rings (SSSR count). The first-order valence-electron chi connectivity index (χ1n) is 10.5. The molecule has 1 aromatic heterocycles. The molecule has 154 valence electrons. The standard InChI is InChI=1S/C24H24F2N4/c25-20-10-4-8-18(22(20)26)16-29-12-14-30(15-13-29)24-19-9-5-11-21(19)27-23(28-24)17-6-2-1-3-7-17/h1-4,6-8,10H,5,9,11-16H2. The molecule has 2 aromatic carbocycles. The Bertz CT molecular complexity index is 1050. The molecule has 0 bridgehead atoms. The van der Waals surface area contributed by atoms with Crippen LogP contribution in [0.2, 0.25) is 0 Å². The number of hydrogen-bond acceptors (Lipinski definition) is 4. The Hall–Kier alpha value is -2.86. The van der Waals surface area contributed by atoms with Crippen LogP contribution in [0.5, 0.6) is 0 Å². The number of aromatic nitrogens is 2. The molecule has 6 heteroatoms. The lowest BCUT2D eigenvalue weighted by molar-refractivity contribution is 0.245. The zero-order valence-corrected chi connectivity index (χ0v) is 16.8. The highest BCUT2D eigenvalue weighted by atomic mass is 19.2. The Morgan fingerprint density at radius 1 is 0.833 bits per heavy atom. The minimum atomic E-state index is -0.781. The first-order chi connectivity index (χ1) is 14.7. The minimum Gasteiger partial charge on any atom is -0.354 e. The number of piperazine rings is 1. The van der Waals surface area contributed by atoms with Gasteiger partial charge in [0.15, 0.2) is 17.5 Å². The largest absolute Gasteiger partial charge is 0.354 e. The zero-order valence-electron chi connectivity index (χ0n) is 16.8. The molecule has 0 radical (unpaired) electrons. The summed E-state index contributed by atoms with van der Waals surface area (Å²) in [6.07, 6.45) is 3.14. The maximum atomic E-state index is 14.0. The Labute approximate surface area is 175 Å². The van der Waals surface area contributed by atoms with Crippen LogP contribution in [-0.4, -0.2) is 41.0 Å². The van der Waals surface area contributed by atoms with Gasteiger partial charge in [-0.05, 0) is 25.3 Å². The van der Waals surface area contributed by atoms with Gasteiger partial charge in [0.1, 0.15) is 5.82 Å². The summed E-state index contributed by atoms with van der Waals surface area (Å²) in [5.74, 6) is 0.320. The fourth-order valence-corrected chi connectivity index (χ4v) is 4.42. The number of nitrogens with zero attached hydrogens (tertiary/aromatic N) is 4. The summed E-state index contributed by atoms with van der Waals surface area (Å²) >= 11 is 0. The molecule has 2 aliphatic rings. The topological polar surface area (TPSA) is 32.3 Å². The Balaban J connectivity index is 1.35. The molecule has 3 aromatic rings. The van der Waals surface area contributed by atoms with E-state index < -0.39 is 11.6 Å². The molecule has 0 spiro atoms. The lowest BCUT2D eigenvalue weighted by Crippen LogP contribution is -2.46. The van der Waals surface area contributed by atoms with Gasteiger partial charge in [-0.25, -0.2) is 18.7 Å². The van der Waals surface area contributed by atoms with E-state index in [4.69, 9.17) is 9.97 Å². The normalized spacial score (nSPS) is 16.7. The Morgan fingerprint density at radius 3 is 2.43 bits per heavy atom. The van der Waals surface area contributed by atoms with E-state index in [1.54, 1.807) is 12.1 Å². The molecular weight excluding hydrogens is 382 g/mol. The van der Waals surface area contributed by atoms with Gasteiger partial charge in [-0.2, -0.15) is 0 Å². The monoisotopic (exact) mass is 406 g/mol. The highest BCUT2D eigenvalue weighted by Crippen LogP contribution is 2.32. The Morgan fingerprint density at radius 2 is 1.63 bits per heavy atom. The van der Waals surface area contributed by atoms with Crippen LogP contribution in [0.25, 0.3) is 11.4 Å². The molecule has 0 unspecified atom stereocenters. The molecule has 2 heterocycles. The van der Waals surface area contributed by atoms with E-state index in [1.807, 2.05) is 30.3 Å². The smallest absolute Gasteiger partial charge is 0.163 e. The van der Waals surface area contributed by atoms with Gasteiger partial charge in [0.05, 0.1) is 0 Å². The van der Waals surface area contributed by atoms with E-state index >= 15 is 0 Å². The molecule has 1 saturated heterocycles. The van der Waals surface area contributed by atoms with Crippen LogP contribution in [0.3, 0.4) is 0 Å². The van der Waals surface area contributed by atoms with Crippen molar-refractivity contribution in [1.82, 2.24) is 14.9 Å². The summed E-state index contributed by atoms with van der Waals surface area (Å²) < 4.78 is 27.5. The van der Waals surface area contributed by atoms with Gasteiger partial charge >= 0.3 is 0 Å². The van der Waals surface area contributed by atoms with Gasteiger partial charge in [0, 0.05) is 55.1 Å². The van der Waals surface area contributed by atoms with Crippen LogP contribution in [0.15, 0.2) is 48.5 Å². The summed E-state index contributed by atoms with van der Waals surface area (Å²) in [5, 5.41) is 0. The third-order valence-corrected chi connectivity index (χ3v) is 6.04. The summed E-state index contributed by atoms with van der Waals surface area (Å²) in [5.41, 5.74) is 3.90. The number of aryl methyl sites for hydroxylation is 1. The Kier molecular flexibility index (Phi) is 5.17. The molecule has 0 saturated carbocycles. The lowest BCUT2D eigenvalue weighted by atomic mass is 10.1. The van der Waals surface area contributed by atoms with Crippen molar-refractivity contribution < 1.29 is 8.78 Å². The molecule has 0 amide bonds. The summed E-state index contributed by atoms with van der Waals surface area (Å²) in [4.78, 5) is 14.3. The number of anilines is 1. The van der Waals surface area contributed by atoms with Crippen LogP contribution in [0.1, 0.15) is 23.2 Å². The third-order valence-electron chi connectivity index (χ3n) is 6.04. The van der Waals surface area contributed by atoms with E-state index in [9.17, 15) is 8.78 Å². The second-order valence-electron chi connectivity index (χ2n) is 7.99. The summed E-state index contributed by atoms with van der Waals surface area (Å²) in [6.45, 7) is 3.63. The van der Waals surface area contributed by atoms with Crippen molar-refractivity contribution in [2.75, 3.05) is 31.1 Å². The first-order valence-corrected chi connectivity index (χ1v) is 10.5. The number of hydrogen-bond donors (Lipinski definition) is 0. The first kappa shape index (κ1) is 19.1. The van der Waals surface area contributed by atoms with Crippen LogP contribution in [0, 0.1) is 11.6 Å². The molecule has 1 fully saturated rings. The number of fused-ring (bicyclic) bond motifs is 1. The maximum Gasteiger partial charge on any atom is 0.163 e. The van der Waals surface area contributed by atoms with E-state index in [2.05, 4.69) is 9.80 Å². The van der Waals surface area contributed by atoms with Gasteiger partial charge in [-0.15, -0.1) is 0 Å². The van der Waals surface area contributed by atoms with Crippen LogP contribution < -0.4 is 4.90 Å². The van der Waals surface area contributed by atoms with Crippen molar-refractivity contribution in [2.45, 2.75) is 25.8 Å². The van der Waals surface area contributed by atoms with Crippen molar-refractivity contribution in [1.29, 1.82) is 0 Å². The third kappa shape index (κ3) is 3.67. The van der Waals surface area contributed by atoms with Gasteiger partial charge in [-0.3, -0.25) is 4.90 Å². The van der Waals surface area contributed by atoms with Gasteiger partial charge in [-0.1, -0.05) is 42.5 Å². The average Bonchev–Trinajstić information content (AvgIpc) is 3.26. The quantitative estimate of drug-likeness (QED) is 0.649. The van der Waals surface area contributed by atoms with Crippen molar-refractivity contribution in [3.8, 4) is 11.4 Å². The van der Waals surface area contributed by atoms with Crippen LogP contribution in [-0.2, 0) is 19.4 Å². The molecular formula is C24H24F2N4. The minimum absolute atomic E-state index is 0.415. The molecule has 30 heavy (non-hydrogen) atoms. The SMILES string of the molecule is Fc1cccc(CN2CCN(c3nc(-c4ccccc4)nc4c3CCC4)CC2)c1F. The highest BCUT2D eigenvalue weighted by Gasteiger charge is 2.26. The van der Waals surface area contributed by atoms with E-state index in [0.717, 1.165) is 68.7 Å². The number of benzene rings is 2. The number of rotatable bonds is 4.